The van der Waals surface area contributed by atoms with Gasteiger partial charge in [-0.25, -0.2) is 0 Å². The Labute approximate surface area is 136 Å². The van der Waals surface area contributed by atoms with Gasteiger partial charge in [0.1, 0.15) is 0 Å². The van der Waals surface area contributed by atoms with Crippen molar-refractivity contribution in [3.05, 3.63) is 66.0 Å². The number of pyridine rings is 1. The van der Waals surface area contributed by atoms with Gasteiger partial charge in [-0.15, -0.1) is 0 Å². The summed E-state index contributed by atoms with van der Waals surface area (Å²) in [6.45, 7) is 2.43. The fourth-order valence-electron chi connectivity index (χ4n) is 3.03. The van der Waals surface area contributed by atoms with Gasteiger partial charge in [-0.2, -0.15) is 0 Å². The number of amides is 1. The lowest BCUT2D eigenvalue weighted by Gasteiger charge is -2.18. The first kappa shape index (κ1) is 15.6. The predicted molar refractivity (Wildman–Crippen MR) is 87.8 cm³/mol. The van der Waals surface area contributed by atoms with Crippen LogP contribution < -0.4 is 5.32 Å². The van der Waals surface area contributed by atoms with E-state index in [1.807, 2.05) is 18.2 Å². The van der Waals surface area contributed by atoms with Crippen LogP contribution in [0.3, 0.4) is 0 Å². The molecule has 0 saturated carbocycles. The van der Waals surface area contributed by atoms with Gasteiger partial charge in [0, 0.05) is 50.6 Å². The summed E-state index contributed by atoms with van der Waals surface area (Å²) in [4.78, 5) is 18.5. The third-order valence-corrected chi connectivity index (χ3v) is 4.24. The minimum Gasteiger partial charge on any atom is -0.396 e. The van der Waals surface area contributed by atoms with Crippen LogP contribution >= 0.6 is 0 Å². The highest BCUT2D eigenvalue weighted by atomic mass is 16.3. The Bertz CT molecular complexity index is 633. The molecule has 2 heterocycles. The summed E-state index contributed by atoms with van der Waals surface area (Å²) >= 11 is 0. The molecule has 5 heteroatoms. The number of nitrogens with zero attached hydrogens (tertiary/aromatic N) is 2. The summed E-state index contributed by atoms with van der Waals surface area (Å²) in [6.07, 6.45) is 3.20. The van der Waals surface area contributed by atoms with Crippen molar-refractivity contribution in [2.75, 3.05) is 19.7 Å². The second-order valence-corrected chi connectivity index (χ2v) is 5.94. The molecule has 0 unspecified atom stereocenters. The Kier molecular flexibility index (Phi) is 5.00. The molecule has 1 amide bonds. The number of aliphatic hydroxyl groups excluding tert-OH is 1. The van der Waals surface area contributed by atoms with E-state index >= 15 is 0 Å². The summed E-state index contributed by atoms with van der Waals surface area (Å²) in [6, 6.07) is 13.7. The second kappa shape index (κ2) is 7.35. The molecule has 0 aliphatic carbocycles. The maximum atomic E-state index is 12.3. The van der Waals surface area contributed by atoms with Crippen molar-refractivity contribution in [1.82, 2.24) is 15.2 Å². The molecule has 2 aromatic rings. The third-order valence-electron chi connectivity index (χ3n) is 4.24. The second-order valence-electron chi connectivity index (χ2n) is 5.94. The van der Waals surface area contributed by atoms with Gasteiger partial charge in [0.15, 0.2) is 0 Å². The number of likely N-dealkylation sites (tertiary alicyclic amines) is 1. The van der Waals surface area contributed by atoms with Crippen molar-refractivity contribution in [3.63, 3.8) is 0 Å². The molecule has 1 aliphatic heterocycles. The minimum absolute atomic E-state index is 0.0450. The zero-order valence-electron chi connectivity index (χ0n) is 12.9. The molecule has 1 aromatic heterocycles. The number of aliphatic hydroxyl groups is 1. The Hall–Kier alpha value is -2.24. The molecule has 1 aliphatic rings. The van der Waals surface area contributed by atoms with E-state index in [0.717, 1.165) is 19.6 Å². The number of nitrogens with one attached hydrogen (secondary N) is 1. The summed E-state index contributed by atoms with van der Waals surface area (Å²) in [7, 11) is 0. The number of rotatable bonds is 5. The topological polar surface area (TPSA) is 65.5 Å². The van der Waals surface area contributed by atoms with E-state index < -0.39 is 0 Å². The van der Waals surface area contributed by atoms with Crippen molar-refractivity contribution < 1.29 is 9.90 Å². The third kappa shape index (κ3) is 3.94. The molecule has 1 aromatic carbocycles. The molecule has 5 nitrogen and oxygen atoms in total. The molecular formula is C18H21N3O2. The predicted octanol–water partition coefficient (Wildman–Crippen LogP) is 1.30. The number of carbonyl (C=O) groups excluding carboxylic acids is 1. The normalized spacial score (nSPS) is 21.3. The Morgan fingerprint density at radius 3 is 2.74 bits per heavy atom. The van der Waals surface area contributed by atoms with Crippen LogP contribution in [0.5, 0.6) is 0 Å². The van der Waals surface area contributed by atoms with Gasteiger partial charge >= 0.3 is 0 Å². The van der Waals surface area contributed by atoms with Gasteiger partial charge in [0.2, 0.25) is 0 Å². The summed E-state index contributed by atoms with van der Waals surface area (Å²) < 4.78 is 0. The molecule has 120 valence electrons. The van der Waals surface area contributed by atoms with Crippen molar-refractivity contribution in [1.29, 1.82) is 0 Å². The van der Waals surface area contributed by atoms with Crippen molar-refractivity contribution in [3.8, 4) is 0 Å². The minimum atomic E-state index is -0.136. The van der Waals surface area contributed by atoms with E-state index in [-0.39, 0.29) is 24.5 Å². The van der Waals surface area contributed by atoms with Gasteiger partial charge < -0.3 is 10.4 Å². The molecule has 2 atom stereocenters. The number of carbonyl (C=O) groups is 1. The zero-order chi connectivity index (χ0) is 16.1. The van der Waals surface area contributed by atoms with Crippen molar-refractivity contribution in [2.45, 2.75) is 12.6 Å². The van der Waals surface area contributed by atoms with E-state index in [0.29, 0.717) is 5.56 Å². The lowest BCUT2D eigenvalue weighted by Crippen LogP contribution is -2.41. The van der Waals surface area contributed by atoms with Crippen LogP contribution in [0.25, 0.3) is 0 Å². The van der Waals surface area contributed by atoms with Crippen molar-refractivity contribution in [2.24, 2.45) is 5.92 Å². The highest BCUT2D eigenvalue weighted by Crippen LogP contribution is 2.19. The van der Waals surface area contributed by atoms with E-state index in [1.54, 1.807) is 24.5 Å². The average molecular weight is 311 g/mol. The van der Waals surface area contributed by atoms with Crippen LogP contribution in [0, 0.1) is 5.92 Å². The maximum Gasteiger partial charge on any atom is 0.253 e. The van der Waals surface area contributed by atoms with E-state index in [2.05, 4.69) is 27.3 Å². The molecule has 0 bridgehead atoms. The molecule has 2 N–H and O–H groups in total. The number of aromatic nitrogens is 1. The first-order valence-corrected chi connectivity index (χ1v) is 7.84. The highest BCUT2D eigenvalue weighted by Gasteiger charge is 2.33. The monoisotopic (exact) mass is 311 g/mol. The van der Waals surface area contributed by atoms with E-state index in [1.165, 1.54) is 5.56 Å². The first-order valence-electron chi connectivity index (χ1n) is 7.84. The van der Waals surface area contributed by atoms with E-state index in [4.69, 9.17) is 0 Å². The quantitative estimate of drug-likeness (QED) is 0.874. The van der Waals surface area contributed by atoms with Crippen LogP contribution in [-0.4, -0.2) is 46.6 Å². The molecule has 3 rings (SSSR count). The number of hydrogen-bond acceptors (Lipinski definition) is 4. The summed E-state index contributed by atoms with van der Waals surface area (Å²) in [5.41, 5.74) is 1.79. The van der Waals surface area contributed by atoms with Crippen LogP contribution in [0.15, 0.2) is 54.9 Å². The summed E-state index contributed by atoms with van der Waals surface area (Å²) in [5.74, 6) is -0.0811. The fraction of sp³-hybridized carbons (Fsp3) is 0.333. The standard InChI is InChI=1S/C18H21N3O2/c22-13-16-11-21(10-14-5-2-1-3-6-14)12-17(16)20-18(23)15-7-4-8-19-9-15/h1-9,16-17,22H,10-13H2,(H,20,23)/t16-,17+/m0/s1. The average Bonchev–Trinajstić information content (AvgIpc) is 2.98. The number of hydrogen-bond donors (Lipinski definition) is 2. The lowest BCUT2D eigenvalue weighted by atomic mass is 10.0. The van der Waals surface area contributed by atoms with Crippen LogP contribution in [0.2, 0.25) is 0 Å². The molecule has 23 heavy (non-hydrogen) atoms. The molecule has 1 fully saturated rings. The maximum absolute atomic E-state index is 12.3. The van der Waals surface area contributed by atoms with Gasteiger partial charge in [-0.05, 0) is 17.7 Å². The Balaban J connectivity index is 1.62. The van der Waals surface area contributed by atoms with Crippen LogP contribution in [0.1, 0.15) is 15.9 Å². The Morgan fingerprint density at radius 1 is 1.22 bits per heavy atom. The van der Waals surface area contributed by atoms with Crippen LogP contribution in [0.4, 0.5) is 0 Å². The molecule has 0 spiro atoms. The largest absolute Gasteiger partial charge is 0.396 e. The van der Waals surface area contributed by atoms with Gasteiger partial charge in [0.25, 0.3) is 5.91 Å². The van der Waals surface area contributed by atoms with Gasteiger partial charge in [-0.3, -0.25) is 14.7 Å². The Morgan fingerprint density at radius 2 is 2.04 bits per heavy atom. The zero-order valence-corrected chi connectivity index (χ0v) is 12.9. The lowest BCUT2D eigenvalue weighted by molar-refractivity contribution is 0.0920. The van der Waals surface area contributed by atoms with Gasteiger partial charge in [-0.1, -0.05) is 30.3 Å². The van der Waals surface area contributed by atoms with Crippen molar-refractivity contribution >= 4 is 5.91 Å². The molecular weight excluding hydrogens is 290 g/mol. The smallest absolute Gasteiger partial charge is 0.253 e. The van der Waals surface area contributed by atoms with Gasteiger partial charge in [0.05, 0.1) is 5.56 Å². The molecule has 0 radical (unpaired) electrons. The number of benzene rings is 1. The first-order chi connectivity index (χ1) is 11.3. The van der Waals surface area contributed by atoms with E-state index in [9.17, 15) is 9.90 Å². The van der Waals surface area contributed by atoms with Crippen LogP contribution in [-0.2, 0) is 6.54 Å². The summed E-state index contributed by atoms with van der Waals surface area (Å²) in [5, 5.41) is 12.6. The fourth-order valence-corrected chi connectivity index (χ4v) is 3.03. The highest BCUT2D eigenvalue weighted by molar-refractivity contribution is 5.94. The molecule has 1 saturated heterocycles. The SMILES string of the molecule is O=C(N[C@@H]1CN(Cc2ccccc2)C[C@H]1CO)c1cccnc1.